The number of nitro benzene ring substituents is 1. The Morgan fingerprint density at radius 2 is 1.68 bits per heavy atom. The molecule has 0 spiro atoms. The summed E-state index contributed by atoms with van der Waals surface area (Å²) in [5.41, 5.74) is 4.13. The molecule has 0 atom stereocenters. The van der Waals surface area contributed by atoms with E-state index in [0.29, 0.717) is 43.2 Å². The highest BCUT2D eigenvalue weighted by molar-refractivity contribution is 7.89. The summed E-state index contributed by atoms with van der Waals surface area (Å²) < 4.78 is 30.4. The first-order valence-electron chi connectivity index (χ1n) is 14.2. The van der Waals surface area contributed by atoms with Crippen LogP contribution in [0.3, 0.4) is 0 Å². The van der Waals surface area contributed by atoms with Gasteiger partial charge in [-0.15, -0.1) is 0 Å². The number of rotatable bonds is 7. The molecule has 0 radical (unpaired) electrons. The molecule has 226 valence electrons. The van der Waals surface area contributed by atoms with Gasteiger partial charge < -0.3 is 4.90 Å². The number of hydrogen-bond acceptors (Lipinski definition) is 8. The van der Waals surface area contributed by atoms with Gasteiger partial charge in [-0.2, -0.15) is 9.40 Å². The van der Waals surface area contributed by atoms with Gasteiger partial charge in [0.1, 0.15) is 16.7 Å². The van der Waals surface area contributed by atoms with E-state index in [-0.39, 0.29) is 23.0 Å². The summed E-state index contributed by atoms with van der Waals surface area (Å²) in [6, 6.07) is 21.6. The molecule has 1 fully saturated rings. The van der Waals surface area contributed by atoms with Gasteiger partial charge in [0, 0.05) is 38.7 Å². The van der Waals surface area contributed by atoms with Crippen LogP contribution >= 0.6 is 11.6 Å². The highest BCUT2D eigenvalue weighted by Crippen LogP contribution is 2.32. The van der Waals surface area contributed by atoms with Crippen molar-refractivity contribution < 1.29 is 13.3 Å². The van der Waals surface area contributed by atoms with Crippen molar-refractivity contribution in [2.75, 3.05) is 31.1 Å². The molecule has 3 heterocycles. The number of halogens is 1. The number of nitrogens with zero attached hydrogens (tertiary/aromatic N) is 7. The maximum absolute atomic E-state index is 13.6. The molecular formula is C31H30ClN7O4S. The topological polar surface area (TPSA) is 127 Å². The van der Waals surface area contributed by atoms with Crippen molar-refractivity contribution in [3.05, 3.63) is 111 Å². The van der Waals surface area contributed by atoms with Gasteiger partial charge >= 0.3 is 0 Å². The van der Waals surface area contributed by atoms with Crippen LogP contribution in [0.25, 0.3) is 16.7 Å². The third-order valence-corrected chi connectivity index (χ3v) is 9.93. The van der Waals surface area contributed by atoms with E-state index < -0.39 is 20.6 Å². The lowest BCUT2D eigenvalue weighted by Gasteiger charge is -2.24. The molecule has 0 unspecified atom stereocenters. The van der Waals surface area contributed by atoms with Crippen molar-refractivity contribution in [1.29, 1.82) is 0 Å². The van der Waals surface area contributed by atoms with Gasteiger partial charge in [0.15, 0.2) is 5.65 Å². The van der Waals surface area contributed by atoms with Crippen LogP contribution in [-0.4, -0.2) is 63.6 Å². The molecule has 44 heavy (non-hydrogen) atoms. The number of benzene rings is 3. The third-order valence-electron chi connectivity index (χ3n) is 7.72. The fourth-order valence-corrected chi connectivity index (χ4v) is 7.12. The molecule has 1 aliphatic heterocycles. The van der Waals surface area contributed by atoms with E-state index in [1.54, 1.807) is 0 Å². The lowest BCUT2D eigenvalue weighted by Crippen LogP contribution is -2.35. The number of aryl methyl sites for hydroxylation is 2. The van der Waals surface area contributed by atoms with Gasteiger partial charge in [-0.1, -0.05) is 59.6 Å². The number of fused-ring (bicyclic) bond motifs is 1. The first-order valence-corrected chi connectivity index (χ1v) is 16.0. The second kappa shape index (κ2) is 11.9. The average molecular weight is 632 g/mol. The van der Waals surface area contributed by atoms with Crippen LogP contribution in [0.15, 0.2) is 77.7 Å². The Kier molecular flexibility index (Phi) is 8.06. The molecule has 1 aliphatic rings. The molecule has 0 saturated carbocycles. The Bertz CT molecular complexity index is 1970. The Hall–Kier alpha value is -4.39. The second-order valence-electron chi connectivity index (χ2n) is 10.8. The van der Waals surface area contributed by atoms with Gasteiger partial charge in [-0.25, -0.2) is 23.1 Å². The van der Waals surface area contributed by atoms with Crippen molar-refractivity contribution in [3.8, 4) is 5.69 Å². The van der Waals surface area contributed by atoms with Crippen LogP contribution in [0.4, 0.5) is 11.5 Å². The second-order valence-corrected chi connectivity index (χ2v) is 13.1. The summed E-state index contributed by atoms with van der Waals surface area (Å²) in [6.07, 6.45) is 1.05. The smallest absolute Gasteiger partial charge is 0.289 e. The van der Waals surface area contributed by atoms with Crippen LogP contribution in [0, 0.1) is 24.0 Å². The van der Waals surface area contributed by atoms with Gasteiger partial charge in [0.2, 0.25) is 10.0 Å². The van der Waals surface area contributed by atoms with E-state index in [0.717, 1.165) is 28.4 Å². The van der Waals surface area contributed by atoms with E-state index in [9.17, 15) is 18.5 Å². The molecule has 3 aromatic carbocycles. The van der Waals surface area contributed by atoms with E-state index in [2.05, 4.69) is 29.2 Å². The van der Waals surface area contributed by atoms with Crippen molar-refractivity contribution in [1.82, 2.24) is 24.1 Å². The van der Waals surface area contributed by atoms with Crippen LogP contribution in [0.5, 0.6) is 0 Å². The first kappa shape index (κ1) is 29.7. The summed E-state index contributed by atoms with van der Waals surface area (Å²) in [4.78, 5) is 22.7. The summed E-state index contributed by atoms with van der Waals surface area (Å²) >= 11 is 5.94. The summed E-state index contributed by atoms with van der Waals surface area (Å²) in [5, 5.41) is 16.9. The highest BCUT2D eigenvalue weighted by Gasteiger charge is 2.31. The van der Waals surface area contributed by atoms with Gasteiger partial charge in [0.25, 0.3) is 5.69 Å². The summed E-state index contributed by atoms with van der Waals surface area (Å²) in [7, 11) is -4.00. The third kappa shape index (κ3) is 5.75. The Morgan fingerprint density at radius 1 is 0.932 bits per heavy atom. The average Bonchev–Trinajstić information content (AvgIpc) is 3.16. The predicted octanol–water partition coefficient (Wildman–Crippen LogP) is 5.49. The normalized spacial score (nSPS) is 14.6. The van der Waals surface area contributed by atoms with Crippen molar-refractivity contribution in [2.24, 2.45) is 0 Å². The maximum atomic E-state index is 13.6. The summed E-state index contributed by atoms with van der Waals surface area (Å²) in [5.74, 6) is 1.34. The van der Waals surface area contributed by atoms with E-state index >= 15 is 0 Å². The lowest BCUT2D eigenvalue weighted by atomic mass is 10.1. The predicted molar refractivity (Wildman–Crippen MR) is 169 cm³/mol. The zero-order valence-electron chi connectivity index (χ0n) is 24.2. The van der Waals surface area contributed by atoms with E-state index in [1.807, 2.05) is 48.9 Å². The van der Waals surface area contributed by atoms with Gasteiger partial charge in [-0.05, 0) is 50.1 Å². The standard InChI is InChI=1S/C31H30ClN7O4S/c1-21-9-11-23(12-10-21)19-28-33-30(29-22(2)35-38(31(29)34-28)24-7-4-3-5-8-24)36-15-6-16-37(18-17-36)44(42,43)25-13-14-26(32)27(20-25)39(40)41/h3-5,7-14,20H,6,15-19H2,1-2H3. The zero-order chi connectivity index (χ0) is 31.0. The minimum atomic E-state index is -4.00. The van der Waals surface area contributed by atoms with E-state index in [1.165, 1.54) is 22.0 Å². The van der Waals surface area contributed by atoms with Crippen molar-refractivity contribution in [2.45, 2.75) is 31.6 Å². The number of sulfonamides is 1. The minimum absolute atomic E-state index is 0.114. The SMILES string of the molecule is Cc1ccc(Cc2nc(N3CCCN(S(=O)(=O)c4ccc(Cl)c([N+](=O)[O-])c4)CC3)c3c(C)nn(-c4ccccc4)c3n2)cc1. The lowest BCUT2D eigenvalue weighted by molar-refractivity contribution is -0.384. The quantitative estimate of drug-likeness (QED) is 0.171. The van der Waals surface area contributed by atoms with Crippen LogP contribution in [0.1, 0.15) is 29.1 Å². The molecule has 0 bridgehead atoms. The number of aromatic nitrogens is 4. The van der Waals surface area contributed by atoms with Crippen LogP contribution in [-0.2, 0) is 16.4 Å². The number of hydrogen-bond donors (Lipinski definition) is 0. The maximum Gasteiger partial charge on any atom is 0.289 e. The molecule has 1 saturated heterocycles. The number of nitro groups is 1. The fraction of sp³-hybridized carbons (Fsp3) is 0.258. The number of anilines is 1. The van der Waals surface area contributed by atoms with Crippen LogP contribution in [0.2, 0.25) is 5.02 Å². The molecule has 0 N–H and O–H groups in total. The van der Waals surface area contributed by atoms with Gasteiger partial charge in [-0.3, -0.25) is 10.1 Å². The molecule has 2 aromatic heterocycles. The van der Waals surface area contributed by atoms with Crippen molar-refractivity contribution >= 4 is 44.2 Å². The molecular weight excluding hydrogens is 602 g/mol. The molecule has 11 nitrogen and oxygen atoms in total. The van der Waals surface area contributed by atoms with Gasteiger partial charge in [0.05, 0.1) is 26.6 Å². The Balaban J connectivity index is 1.37. The monoisotopic (exact) mass is 631 g/mol. The zero-order valence-corrected chi connectivity index (χ0v) is 25.8. The highest BCUT2D eigenvalue weighted by atomic mass is 35.5. The van der Waals surface area contributed by atoms with Crippen molar-refractivity contribution in [3.63, 3.8) is 0 Å². The first-order chi connectivity index (χ1) is 21.1. The fourth-order valence-electron chi connectivity index (χ4n) is 5.44. The molecule has 5 aromatic rings. The minimum Gasteiger partial charge on any atom is -0.355 e. The largest absolute Gasteiger partial charge is 0.355 e. The molecule has 0 aliphatic carbocycles. The van der Waals surface area contributed by atoms with E-state index in [4.69, 9.17) is 26.7 Å². The molecule has 0 amide bonds. The molecule has 13 heteroatoms. The van der Waals surface area contributed by atoms with Crippen LogP contribution < -0.4 is 4.90 Å². The summed E-state index contributed by atoms with van der Waals surface area (Å²) in [6.45, 7) is 5.31. The Morgan fingerprint density at radius 3 is 2.41 bits per heavy atom. The molecule has 6 rings (SSSR count). The number of para-hydroxylation sites is 1. The Labute approximate surface area is 259 Å².